The van der Waals surface area contributed by atoms with E-state index in [4.69, 9.17) is 9.47 Å². The summed E-state index contributed by atoms with van der Waals surface area (Å²) in [6, 6.07) is 20.9. The van der Waals surface area contributed by atoms with Crippen LogP contribution in [0.3, 0.4) is 0 Å². The number of ether oxygens (including phenoxy) is 2. The van der Waals surface area contributed by atoms with Crippen molar-refractivity contribution < 1.29 is 9.47 Å². The SMILES string of the molecule is CCO[C@H](c1ccccc1)[C@@H](c1ccccc1)[C@H](C)OC. The van der Waals surface area contributed by atoms with Gasteiger partial charge in [-0.25, -0.2) is 0 Å². The molecule has 0 saturated heterocycles. The van der Waals surface area contributed by atoms with Gasteiger partial charge in [-0.1, -0.05) is 60.7 Å². The van der Waals surface area contributed by atoms with Crippen molar-refractivity contribution >= 4 is 0 Å². The summed E-state index contributed by atoms with van der Waals surface area (Å²) in [5.41, 5.74) is 2.44. The number of benzene rings is 2. The zero-order valence-corrected chi connectivity index (χ0v) is 13.0. The lowest BCUT2D eigenvalue weighted by Gasteiger charge is -2.31. The Bertz CT molecular complexity index is 510. The summed E-state index contributed by atoms with van der Waals surface area (Å²) in [5.74, 6) is 0.165. The largest absolute Gasteiger partial charge is 0.381 e. The number of methoxy groups -OCH3 is 1. The molecular formula is C19H24O2. The van der Waals surface area contributed by atoms with Gasteiger partial charge in [-0.2, -0.15) is 0 Å². The van der Waals surface area contributed by atoms with E-state index in [1.807, 2.05) is 19.1 Å². The van der Waals surface area contributed by atoms with E-state index >= 15 is 0 Å². The summed E-state index contributed by atoms with van der Waals surface area (Å²) in [6.45, 7) is 4.82. The van der Waals surface area contributed by atoms with Crippen LogP contribution in [0.25, 0.3) is 0 Å². The van der Waals surface area contributed by atoms with Crippen LogP contribution >= 0.6 is 0 Å². The second kappa shape index (κ2) is 7.96. The van der Waals surface area contributed by atoms with Crippen molar-refractivity contribution in [1.82, 2.24) is 0 Å². The Morgan fingerprint density at radius 1 is 0.857 bits per heavy atom. The molecule has 2 heteroatoms. The van der Waals surface area contributed by atoms with Crippen molar-refractivity contribution in [3.8, 4) is 0 Å². The van der Waals surface area contributed by atoms with Crippen molar-refractivity contribution in [2.75, 3.05) is 13.7 Å². The Hall–Kier alpha value is -1.64. The second-order valence-corrected chi connectivity index (χ2v) is 5.16. The van der Waals surface area contributed by atoms with Crippen molar-refractivity contribution in [3.63, 3.8) is 0 Å². The zero-order valence-electron chi connectivity index (χ0n) is 13.0. The predicted octanol–water partition coefficient (Wildman–Crippen LogP) is 4.58. The first-order valence-electron chi connectivity index (χ1n) is 7.52. The van der Waals surface area contributed by atoms with Crippen molar-refractivity contribution in [3.05, 3.63) is 71.8 Å². The molecule has 2 nitrogen and oxygen atoms in total. The molecule has 0 aromatic heterocycles. The van der Waals surface area contributed by atoms with Crippen molar-refractivity contribution in [1.29, 1.82) is 0 Å². The minimum atomic E-state index is -0.00597. The fraction of sp³-hybridized carbons (Fsp3) is 0.368. The van der Waals surface area contributed by atoms with Gasteiger partial charge in [0.05, 0.1) is 12.2 Å². The Kier molecular flexibility index (Phi) is 5.97. The molecule has 0 spiro atoms. The molecule has 0 bridgehead atoms. The quantitative estimate of drug-likeness (QED) is 0.740. The molecule has 0 unspecified atom stereocenters. The molecule has 0 aliphatic rings. The molecule has 0 N–H and O–H groups in total. The topological polar surface area (TPSA) is 18.5 Å². The molecule has 2 rings (SSSR count). The first-order chi connectivity index (χ1) is 10.3. The average Bonchev–Trinajstić information content (AvgIpc) is 2.56. The van der Waals surface area contributed by atoms with Crippen LogP contribution in [0.2, 0.25) is 0 Å². The van der Waals surface area contributed by atoms with Gasteiger partial charge >= 0.3 is 0 Å². The molecule has 3 atom stereocenters. The lowest BCUT2D eigenvalue weighted by atomic mass is 9.85. The summed E-state index contributed by atoms with van der Waals surface area (Å²) < 4.78 is 11.7. The van der Waals surface area contributed by atoms with Gasteiger partial charge in [0.1, 0.15) is 0 Å². The molecular weight excluding hydrogens is 260 g/mol. The van der Waals surface area contributed by atoms with Gasteiger partial charge in [0, 0.05) is 19.6 Å². The van der Waals surface area contributed by atoms with Gasteiger partial charge in [-0.15, -0.1) is 0 Å². The van der Waals surface area contributed by atoms with Crippen LogP contribution in [0.15, 0.2) is 60.7 Å². The Labute approximate surface area is 127 Å². The molecule has 0 aliphatic carbocycles. The Morgan fingerprint density at radius 2 is 1.38 bits per heavy atom. The van der Waals surface area contributed by atoms with Crippen LogP contribution in [-0.2, 0) is 9.47 Å². The summed E-state index contributed by atoms with van der Waals surface area (Å²) >= 11 is 0. The lowest BCUT2D eigenvalue weighted by Crippen LogP contribution is -2.26. The van der Waals surface area contributed by atoms with Gasteiger partial charge in [0.15, 0.2) is 0 Å². The normalized spacial score (nSPS) is 15.4. The maximum absolute atomic E-state index is 6.09. The predicted molar refractivity (Wildman–Crippen MR) is 86.5 cm³/mol. The Morgan fingerprint density at radius 3 is 1.86 bits per heavy atom. The highest BCUT2D eigenvalue weighted by Crippen LogP contribution is 2.37. The second-order valence-electron chi connectivity index (χ2n) is 5.16. The van der Waals surface area contributed by atoms with E-state index in [2.05, 4.69) is 55.5 Å². The van der Waals surface area contributed by atoms with E-state index in [1.165, 1.54) is 11.1 Å². The Balaban J connectivity index is 2.41. The minimum absolute atomic E-state index is 0.00597. The third kappa shape index (κ3) is 3.93. The van der Waals surface area contributed by atoms with Crippen LogP contribution in [0, 0.1) is 0 Å². The van der Waals surface area contributed by atoms with Crippen LogP contribution in [0.1, 0.15) is 37.0 Å². The lowest BCUT2D eigenvalue weighted by molar-refractivity contribution is -0.0120. The highest BCUT2D eigenvalue weighted by molar-refractivity contribution is 5.28. The summed E-state index contributed by atoms with van der Waals surface area (Å²) in [4.78, 5) is 0. The first kappa shape index (κ1) is 15.7. The molecule has 2 aromatic carbocycles. The molecule has 0 amide bonds. The number of rotatable bonds is 7. The third-order valence-electron chi connectivity index (χ3n) is 3.86. The molecule has 0 radical (unpaired) electrons. The van der Waals surface area contributed by atoms with Crippen LogP contribution in [0.5, 0.6) is 0 Å². The van der Waals surface area contributed by atoms with Crippen LogP contribution in [-0.4, -0.2) is 19.8 Å². The van der Waals surface area contributed by atoms with Crippen molar-refractivity contribution in [2.45, 2.75) is 32.0 Å². The highest BCUT2D eigenvalue weighted by atomic mass is 16.5. The molecule has 21 heavy (non-hydrogen) atoms. The van der Waals surface area contributed by atoms with Gasteiger partial charge in [0.25, 0.3) is 0 Å². The summed E-state index contributed by atoms with van der Waals surface area (Å²) in [7, 11) is 1.76. The van der Waals surface area contributed by atoms with Crippen LogP contribution < -0.4 is 0 Å². The summed E-state index contributed by atoms with van der Waals surface area (Å²) in [5, 5.41) is 0. The fourth-order valence-electron chi connectivity index (χ4n) is 2.74. The van der Waals surface area contributed by atoms with E-state index in [1.54, 1.807) is 7.11 Å². The van der Waals surface area contributed by atoms with Gasteiger partial charge in [-0.05, 0) is 25.0 Å². The average molecular weight is 284 g/mol. The van der Waals surface area contributed by atoms with Gasteiger partial charge < -0.3 is 9.47 Å². The van der Waals surface area contributed by atoms with Gasteiger partial charge in [-0.3, -0.25) is 0 Å². The van der Waals surface area contributed by atoms with E-state index in [-0.39, 0.29) is 18.1 Å². The third-order valence-corrected chi connectivity index (χ3v) is 3.86. The maximum Gasteiger partial charge on any atom is 0.0918 e. The molecule has 2 aromatic rings. The molecule has 0 heterocycles. The van der Waals surface area contributed by atoms with Crippen molar-refractivity contribution in [2.24, 2.45) is 0 Å². The van der Waals surface area contributed by atoms with Crippen LogP contribution in [0.4, 0.5) is 0 Å². The molecule has 112 valence electrons. The molecule has 0 aliphatic heterocycles. The number of hydrogen-bond acceptors (Lipinski definition) is 2. The highest BCUT2D eigenvalue weighted by Gasteiger charge is 2.30. The first-order valence-corrected chi connectivity index (χ1v) is 7.52. The van der Waals surface area contributed by atoms with E-state index in [0.29, 0.717) is 6.61 Å². The maximum atomic E-state index is 6.09. The van der Waals surface area contributed by atoms with E-state index in [0.717, 1.165) is 0 Å². The van der Waals surface area contributed by atoms with E-state index in [9.17, 15) is 0 Å². The zero-order chi connectivity index (χ0) is 15.1. The fourth-order valence-corrected chi connectivity index (χ4v) is 2.74. The van der Waals surface area contributed by atoms with E-state index < -0.39 is 0 Å². The summed E-state index contributed by atoms with van der Waals surface area (Å²) in [6.07, 6.45) is 0.0673. The standard InChI is InChI=1S/C19H24O2/c1-4-21-19(17-13-9-6-10-14-17)18(15(2)20-3)16-11-7-5-8-12-16/h5-15,18-19H,4H2,1-3H3/t15-,18+,19+/m0/s1. The van der Waals surface area contributed by atoms with Gasteiger partial charge in [0.2, 0.25) is 0 Å². The number of hydrogen-bond donors (Lipinski definition) is 0. The molecule has 0 fully saturated rings. The monoisotopic (exact) mass is 284 g/mol. The smallest absolute Gasteiger partial charge is 0.0918 e. The molecule has 0 saturated carbocycles. The minimum Gasteiger partial charge on any atom is -0.381 e.